The van der Waals surface area contributed by atoms with Crippen molar-refractivity contribution in [2.75, 3.05) is 19.7 Å². The third-order valence-electron chi connectivity index (χ3n) is 3.91. The molecule has 2 rings (SSSR count). The van der Waals surface area contributed by atoms with Gasteiger partial charge < -0.3 is 9.64 Å². The molecule has 1 aliphatic heterocycles. The van der Waals surface area contributed by atoms with Crippen molar-refractivity contribution in [1.29, 1.82) is 0 Å². The molecule has 1 saturated heterocycles. The van der Waals surface area contributed by atoms with Crippen LogP contribution in [0.25, 0.3) is 0 Å². The quantitative estimate of drug-likeness (QED) is 0.853. The van der Waals surface area contributed by atoms with Crippen LogP contribution in [0.3, 0.4) is 0 Å². The molecule has 1 aromatic rings. The molecule has 1 heterocycles. The number of carbonyl (C=O) groups excluding carboxylic acids is 1. The number of carbonyl (C=O) groups is 1. The van der Waals surface area contributed by atoms with Crippen LogP contribution in [0.4, 0.5) is 0 Å². The van der Waals surface area contributed by atoms with Crippen molar-refractivity contribution in [2.45, 2.75) is 33.6 Å². The highest BCUT2D eigenvalue weighted by Gasteiger charge is 2.20. The molecular formula is C16H22ClNO2. The highest BCUT2D eigenvalue weighted by Crippen LogP contribution is 2.26. The summed E-state index contributed by atoms with van der Waals surface area (Å²) in [6.07, 6.45) is 2.18. The lowest BCUT2D eigenvalue weighted by Gasteiger charge is -2.30. The van der Waals surface area contributed by atoms with E-state index in [1.165, 1.54) is 0 Å². The van der Waals surface area contributed by atoms with Crippen LogP contribution in [0, 0.1) is 19.8 Å². The maximum atomic E-state index is 12.1. The molecular weight excluding hydrogens is 274 g/mol. The van der Waals surface area contributed by atoms with Gasteiger partial charge in [0.15, 0.2) is 6.61 Å². The standard InChI is InChI=1S/C16H22ClNO2/c1-11-4-6-18(7-5-11)15(19)10-20-14-8-12(2)16(17)13(3)9-14/h8-9,11H,4-7,10H2,1-3H3. The lowest BCUT2D eigenvalue weighted by Crippen LogP contribution is -2.40. The van der Waals surface area contributed by atoms with E-state index in [0.29, 0.717) is 5.75 Å². The van der Waals surface area contributed by atoms with Crippen LogP contribution in [0.1, 0.15) is 30.9 Å². The summed E-state index contributed by atoms with van der Waals surface area (Å²) in [6, 6.07) is 3.75. The summed E-state index contributed by atoms with van der Waals surface area (Å²) >= 11 is 6.12. The highest BCUT2D eigenvalue weighted by molar-refractivity contribution is 6.32. The molecule has 3 nitrogen and oxygen atoms in total. The molecule has 1 aromatic carbocycles. The molecule has 0 N–H and O–H groups in total. The van der Waals surface area contributed by atoms with Crippen molar-refractivity contribution in [1.82, 2.24) is 4.90 Å². The number of halogens is 1. The van der Waals surface area contributed by atoms with Crippen LogP contribution >= 0.6 is 11.6 Å². The van der Waals surface area contributed by atoms with Gasteiger partial charge in [-0.2, -0.15) is 0 Å². The maximum absolute atomic E-state index is 12.1. The van der Waals surface area contributed by atoms with E-state index in [0.717, 1.165) is 48.0 Å². The van der Waals surface area contributed by atoms with E-state index in [4.69, 9.17) is 16.3 Å². The number of hydrogen-bond donors (Lipinski definition) is 0. The number of amides is 1. The Morgan fingerprint density at radius 1 is 1.30 bits per heavy atom. The predicted molar refractivity (Wildman–Crippen MR) is 81.4 cm³/mol. The third-order valence-corrected chi connectivity index (χ3v) is 4.50. The zero-order valence-corrected chi connectivity index (χ0v) is 13.2. The zero-order chi connectivity index (χ0) is 14.7. The molecule has 0 saturated carbocycles. The van der Waals surface area contributed by atoms with Crippen molar-refractivity contribution < 1.29 is 9.53 Å². The molecule has 0 aliphatic carbocycles. The molecule has 0 bridgehead atoms. The first-order chi connectivity index (χ1) is 9.47. The number of likely N-dealkylation sites (tertiary alicyclic amines) is 1. The monoisotopic (exact) mass is 295 g/mol. The summed E-state index contributed by atoms with van der Waals surface area (Å²) in [7, 11) is 0. The second-order valence-corrected chi connectivity index (χ2v) is 6.10. The molecule has 0 aromatic heterocycles. The Kier molecular flexibility index (Phi) is 4.92. The SMILES string of the molecule is Cc1cc(OCC(=O)N2CCC(C)CC2)cc(C)c1Cl. The molecule has 1 fully saturated rings. The van der Waals surface area contributed by atoms with Crippen molar-refractivity contribution >= 4 is 17.5 Å². The fourth-order valence-corrected chi connectivity index (χ4v) is 2.59. The molecule has 1 aliphatic rings. The number of aryl methyl sites for hydroxylation is 2. The van der Waals surface area contributed by atoms with Gasteiger partial charge in [-0.05, 0) is 55.9 Å². The van der Waals surface area contributed by atoms with E-state index in [9.17, 15) is 4.79 Å². The summed E-state index contributed by atoms with van der Waals surface area (Å²) in [5.74, 6) is 1.51. The Morgan fingerprint density at radius 2 is 1.85 bits per heavy atom. The van der Waals surface area contributed by atoms with E-state index in [1.807, 2.05) is 30.9 Å². The number of hydrogen-bond acceptors (Lipinski definition) is 2. The van der Waals surface area contributed by atoms with Gasteiger partial charge in [-0.1, -0.05) is 18.5 Å². The van der Waals surface area contributed by atoms with Gasteiger partial charge in [0.05, 0.1) is 0 Å². The van der Waals surface area contributed by atoms with E-state index in [-0.39, 0.29) is 12.5 Å². The first-order valence-electron chi connectivity index (χ1n) is 7.14. The van der Waals surface area contributed by atoms with E-state index >= 15 is 0 Å². The summed E-state index contributed by atoms with van der Waals surface area (Å²) in [5.41, 5.74) is 1.95. The van der Waals surface area contributed by atoms with Crippen LogP contribution in [0.15, 0.2) is 12.1 Å². The average Bonchev–Trinajstić information content (AvgIpc) is 2.42. The second-order valence-electron chi connectivity index (χ2n) is 5.72. The summed E-state index contributed by atoms with van der Waals surface area (Å²) < 4.78 is 5.61. The number of ether oxygens (including phenoxy) is 1. The maximum Gasteiger partial charge on any atom is 0.260 e. The minimum absolute atomic E-state index is 0.0714. The van der Waals surface area contributed by atoms with Crippen molar-refractivity contribution in [3.63, 3.8) is 0 Å². The highest BCUT2D eigenvalue weighted by atomic mass is 35.5. The Balaban J connectivity index is 1.90. The largest absolute Gasteiger partial charge is 0.484 e. The Bertz CT molecular complexity index is 470. The zero-order valence-electron chi connectivity index (χ0n) is 12.4. The first-order valence-corrected chi connectivity index (χ1v) is 7.52. The fourth-order valence-electron chi connectivity index (χ4n) is 2.48. The van der Waals surface area contributed by atoms with Crippen LogP contribution in [0.2, 0.25) is 5.02 Å². The molecule has 0 atom stereocenters. The fraction of sp³-hybridized carbons (Fsp3) is 0.562. The molecule has 110 valence electrons. The lowest BCUT2D eigenvalue weighted by atomic mass is 9.99. The first kappa shape index (κ1) is 15.2. The average molecular weight is 296 g/mol. The van der Waals surface area contributed by atoms with Gasteiger partial charge in [0.25, 0.3) is 5.91 Å². The van der Waals surface area contributed by atoms with Crippen LogP contribution in [-0.4, -0.2) is 30.5 Å². The Hall–Kier alpha value is -1.22. The minimum atomic E-state index is 0.0714. The van der Waals surface area contributed by atoms with Gasteiger partial charge in [-0.25, -0.2) is 0 Å². The number of benzene rings is 1. The van der Waals surface area contributed by atoms with Gasteiger partial charge in [0.2, 0.25) is 0 Å². The van der Waals surface area contributed by atoms with Crippen LogP contribution in [-0.2, 0) is 4.79 Å². The third kappa shape index (κ3) is 3.66. The van der Waals surface area contributed by atoms with Crippen molar-refractivity contribution in [2.24, 2.45) is 5.92 Å². The van der Waals surface area contributed by atoms with Gasteiger partial charge in [-0.15, -0.1) is 0 Å². The summed E-state index contributed by atoms with van der Waals surface area (Å²) in [5, 5.41) is 0.758. The molecule has 4 heteroatoms. The van der Waals surface area contributed by atoms with Crippen molar-refractivity contribution in [3.05, 3.63) is 28.3 Å². The molecule has 0 unspecified atom stereocenters. The number of nitrogens with zero attached hydrogens (tertiary/aromatic N) is 1. The van der Waals surface area contributed by atoms with Gasteiger partial charge in [0, 0.05) is 18.1 Å². The van der Waals surface area contributed by atoms with Gasteiger partial charge in [0.1, 0.15) is 5.75 Å². The minimum Gasteiger partial charge on any atom is -0.484 e. The van der Waals surface area contributed by atoms with Crippen LogP contribution < -0.4 is 4.74 Å². The number of rotatable bonds is 3. The van der Waals surface area contributed by atoms with Gasteiger partial charge in [-0.3, -0.25) is 4.79 Å². The normalized spacial score (nSPS) is 16.3. The summed E-state index contributed by atoms with van der Waals surface area (Å²) in [4.78, 5) is 14.0. The lowest BCUT2D eigenvalue weighted by molar-refractivity contribution is -0.134. The Labute approximate surface area is 125 Å². The van der Waals surface area contributed by atoms with E-state index in [1.54, 1.807) is 0 Å². The van der Waals surface area contributed by atoms with E-state index < -0.39 is 0 Å². The molecule has 0 spiro atoms. The Morgan fingerprint density at radius 3 is 2.40 bits per heavy atom. The topological polar surface area (TPSA) is 29.5 Å². The molecule has 20 heavy (non-hydrogen) atoms. The molecule has 1 amide bonds. The van der Waals surface area contributed by atoms with Gasteiger partial charge >= 0.3 is 0 Å². The summed E-state index contributed by atoms with van der Waals surface area (Å²) in [6.45, 7) is 7.92. The van der Waals surface area contributed by atoms with Crippen LogP contribution in [0.5, 0.6) is 5.75 Å². The predicted octanol–water partition coefficient (Wildman–Crippen LogP) is 3.59. The van der Waals surface area contributed by atoms with E-state index in [2.05, 4.69) is 6.92 Å². The smallest absolute Gasteiger partial charge is 0.260 e. The second kappa shape index (κ2) is 6.49. The number of piperidine rings is 1. The molecule has 0 radical (unpaired) electrons. The van der Waals surface area contributed by atoms with Crippen molar-refractivity contribution in [3.8, 4) is 5.75 Å².